The molecule has 0 aliphatic carbocycles. The van der Waals surface area contributed by atoms with Gasteiger partial charge in [0.2, 0.25) is 0 Å². The molecule has 5 rings (SSSR count). The van der Waals surface area contributed by atoms with E-state index in [0.717, 1.165) is 22.8 Å². The molecule has 164 valence electrons. The molecular formula is C28H25N3O2. The maximum absolute atomic E-state index is 13.9. The first kappa shape index (κ1) is 20.8. The highest BCUT2D eigenvalue weighted by Gasteiger charge is 2.42. The molecule has 1 saturated heterocycles. The highest BCUT2D eigenvalue weighted by Crippen LogP contribution is 2.43. The topological polar surface area (TPSA) is 61.4 Å². The Bertz CT molecular complexity index is 1250. The lowest BCUT2D eigenvalue weighted by Gasteiger charge is -2.35. The molecule has 33 heavy (non-hydrogen) atoms. The number of Topliss-reactive ketones (excluding diaryl/α,β-unsaturated/α-hetero) is 1. The standard InChI is InChI=1S/C28H25N3O2/c1-19-23(28(33)30-22-15-9-4-10-16-22)24(20-11-5-2-6-12-20)25(27-29-17-18-31(19)27)26(32)21-13-7-3-8-14-21/h2-16,24,29H,17-18H2,1H3,(H,30,33). The van der Waals surface area contributed by atoms with Crippen LogP contribution in [0.25, 0.3) is 0 Å². The molecule has 0 bridgehead atoms. The van der Waals surface area contributed by atoms with E-state index >= 15 is 0 Å². The highest BCUT2D eigenvalue weighted by molar-refractivity contribution is 6.14. The Hall–Kier alpha value is -4.12. The largest absolute Gasteiger partial charge is 0.369 e. The maximum atomic E-state index is 13.9. The van der Waals surface area contributed by atoms with Crippen LogP contribution in [-0.4, -0.2) is 29.7 Å². The van der Waals surface area contributed by atoms with E-state index in [1.54, 1.807) is 0 Å². The van der Waals surface area contributed by atoms with Gasteiger partial charge in [-0.15, -0.1) is 0 Å². The van der Waals surface area contributed by atoms with Crippen molar-refractivity contribution in [2.24, 2.45) is 0 Å². The summed E-state index contributed by atoms with van der Waals surface area (Å²) < 4.78 is 0. The number of amides is 1. The average molecular weight is 436 g/mol. The van der Waals surface area contributed by atoms with Crippen molar-refractivity contribution < 1.29 is 9.59 Å². The molecule has 0 saturated carbocycles. The second-order valence-corrected chi connectivity index (χ2v) is 8.20. The van der Waals surface area contributed by atoms with E-state index in [1.807, 2.05) is 97.9 Å². The van der Waals surface area contributed by atoms with E-state index in [2.05, 4.69) is 15.5 Å². The molecule has 1 unspecified atom stereocenters. The number of para-hydroxylation sites is 1. The van der Waals surface area contributed by atoms with Crippen molar-refractivity contribution in [3.8, 4) is 0 Å². The summed E-state index contributed by atoms with van der Waals surface area (Å²) in [6, 6.07) is 28.5. The van der Waals surface area contributed by atoms with Gasteiger partial charge in [0.15, 0.2) is 5.78 Å². The monoisotopic (exact) mass is 435 g/mol. The summed E-state index contributed by atoms with van der Waals surface area (Å²) in [7, 11) is 0. The summed E-state index contributed by atoms with van der Waals surface area (Å²) in [4.78, 5) is 29.7. The summed E-state index contributed by atoms with van der Waals surface area (Å²) in [5.74, 6) is 0.0409. The summed E-state index contributed by atoms with van der Waals surface area (Å²) in [6.45, 7) is 3.39. The molecule has 1 atom stereocenters. The number of carbonyl (C=O) groups is 2. The number of nitrogens with zero attached hydrogens (tertiary/aromatic N) is 1. The van der Waals surface area contributed by atoms with E-state index in [4.69, 9.17) is 0 Å². The van der Waals surface area contributed by atoms with Gasteiger partial charge in [0.25, 0.3) is 5.91 Å². The Kier molecular flexibility index (Phi) is 5.53. The number of carbonyl (C=O) groups excluding carboxylic acids is 2. The van der Waals surface area contributed by atoms with Gasteiger partial charge < -0.3 is 15.5 Å². The fourth-order valence-electron chi connectivity index (χ4n) is 4.68. The van der Waals surface area contributed by atoms with Crippen LogP contribution in [0.4, 0.5) is 5.69 Å². The molecule has 0 spiro atoms. The molecule has 2 aliphatic heterocycles. The van der Waals surface area contributed by atoms with Gasteiger partial charge in [0, 0.05) is 41.5 Å². The molecule has 2 heterocycles. The van der Waals surface area contributed by atoms with Crippen molar-refractivity contribution in [1.29, 1.82) is 0 Å². The zero-order valence-electron chi connectivity index (χ0n) is 18.4. The van der Waals surface area contributed by atoms with E-state index in [9.17, 15) is 9.59 Å². The van der Waals surface area contributed by atoms with E-state index < -0.39 is 5.92 Å². The predicted molar refractivity (Wildman–Crippen MR) is 129 cm³/mol. The van der Waals surface area contributed by atoms with E-state index in [-0.39, 0.29) is 11.7 Å². The van der Waals surface area contributed by atoms with Crippen LogP contribution >= 0.6 is 0 Å². The first-order chi connectivity index (χ1) is 16.1. The van der Waals surface area contributed by atoms with Gasteiger partial charge in [-0.2, -0.15) is 0 Å². The molecule has 3 aromatic carbocycles. The number of fused-ring (bicyclic) bond motifs is 1. The molecule has 0 radical (unpaired) electrons. The Morgan fingerprint density at radius 3 is 2.12 bits per heavy atom. The van der Waals surface area contributed by atoms with Gasteiger partial charge in [0.1, 0.15) is 5.82 Å². The maximum Gasteiger partial charge on any atom is 0.254 e. The fraction of sp³-hybridized carbons (Fsp3) is 0.143. The van der Waals surface area contributed by atoms with Crippen LogP contribution in [-0.2, 0) is 4.79 Å². The summed E-state index contributed by atoms with van der Waals surface area (Å²) in [6.07, 6.45) is 0. The molecule has 5 nitrogen and oxygen atoms in total. The SMILES string of the molecule is CC1=C(C(=O)Nc2ccccc2)C(c2ccccc2)C(C(=O)c2ccccc2)=C2NCCN12. The number of rotatable bonds is 5. The van der Waals surface area contributed by atoms with Crippen LogP contribution in [0, 0.1) is 0 Å². The number of hydrogen-bond donors (Lipinski definition) is 2. The number of anilines is 1. The van der Waals surface area contributed by atoms with E-state index in [1.165, 1.54) is 0 Å². The van der Waals surface area contributed by atoms with Gasteiger partial charge in [-0.05, 0) is 24.6 Å². The predicted octanol–water partition coefficient (Wildman–Crippen LogP) is 4.70. The van der Waals surface area contributed by atoms with Gasteiger partial charge in [-0.25, -0.2) is 0 Å². The molecule has 2 aliphatic rings. The third kappa shape index (κ3) is 3.82. The normalized spacial score (nSPS) is 17.5. The molecule has 1 amide bonds. The zero-order valence-corrected chi connectivity index (χ0v) is 18.4. The second kappa shape index (κ2) is 8.79. The van der Waals surface area contributed by atoms with Crippen molar-refractivity contribution >= 4 is 17.4 Å². The molecular weight excluding hydrogens is 410 g/mol. The first-order valence-corrected chi connectivity index (χ1v) is 11.1. The van der Waals surface area contributed by atoms with E-state index in [0.29, 0.717) is 29.8 Å². The zero-order chi connectivity index (χ0) is 22.8. The molecule has 5 heteroatoms. The highest BCUT2D eigenvalue weighted by atomic mass is 16.2. The number of benzene rings is 3. The summed E-state index contributed by atoms with van der Waals surface area (Å²) >= 11 is 0. The number of hydrogen-bond acceptors (Lipinski definition) is 4. The third-order valence-electron chi connectivity index (χ3n) is 6.21. The molecule has 0 aromatic heterocycles. The minimum Gasteiger partial charge on any atom is -0.369 e. The third-order valence-corrected chi connectivity index (χ3v) is 6.21. The van der Waals surface area contributed by atoms with Crippen molar-refractivity contribution in [1.82, 2.24) is 10.2 Å². The Labute approximate surface area is 193 Å². The average Bonchev–Trinajstić information content (AvgIpc) is 3.35. The number of allylic oxidation sites excluding steroid dienone is 2. The van der Waals surface area contributed by atoms with Gasteiger partial charge in [0.05, 0.1) is 5.57 Å². The van der Waals surface area contributed by atoms with Crippen LogP contribution in [0.15, 0.2) is 114 Å². The summed E-state index contributed by atoms with van der Waals surface area (Å²) in [5.41, 5.74) is 4.31. The smallest absolute Gasteiger partial charge is 0.254 e. The molecule has 3 aromatic rings. The van der Waals surface area contributed by atoms with Crippen molar-refractivity contribution in [3.63, 3.8) is 0 Å². The van der Waals surface area contributed by atoms with Crippen LogP contribution < -0.4 is 10.6 Å². The Morgan fingerprint density at radius 1 is 0.848 bits per heavy atom. The van der Waals surface area contributed by atoms with Crippen molar-refractivity contribution in [3.05, 3.63) is 125 Å². The van der Waals surface area contributed by atoms with Crippen molar-refractivity contribution in [2.45, 2.75) is 12.8 Å². The summed E-state index contributed by atoms with van der Waals surface area (Å²) in [5, 5.41) is 6.46. The lowest BCUT2D eigenvalue weighted by Crippen LogP contribution is -2.36. The lowest BCUT2D eigenvalue weighted by molar-refractivity contribution is -0.113. The van der Waals surface area contributed by atoms with Crippen LogP contribution in [0.5, 0.6) is 0 Å². The van der Waals surface area contributed by atoms with Gasteiger partial charge >= 0.3 is 0 Å². The minimum absolute atomic E-state index is 0.0728. The minimum atomic E-state index is -0.487. The second-order valence-electron chi connectivity index (χ2n) is 8.20. The quantitative estimate of drug-likeness (QED) is 0.571. The lowest BCUT2D eigenvalue weighted by atomic mass is 9.77. The number of nitrogens with one attached hydrogen (secondary N) is 2. The molecule has 2 N–H and O–H groups in total. The first-order valence-electron chi connectivity index (χ1n) is 11.1. The Balaban J connectivity index is 1.67. The molecule has 1 fully saturated rings. The fourth-order valence-corrected chi connectivity index (χ4v) is 4.68. The van der Waals surface area contributed by atoms with Crippen LogP contribution in [0.3, 0.4) is 0 Å². The number of ketones is 1. The van der Waals surface area contributed by atoms with Crippen LogP contribution in [0.2, 0.25) is 0 Å². The van der Waals surface area contributed by atoms with Crippen LogP contribution in [0.1, 0.15) is 28.8 Å². The Morgan fingerprint density at radius 2 is 1.45 bits per heavy atom. The van der Waals surface area contributed by atoms with Gasteiger partial charge in [-0.3, -0.25) is 9.59 Å². The van der Waals surface area contributed by atoms with Gasteiger partial charge in [-0.1, -0.05) is 78.9 Å². The van der Waals surface area contributed by atoms with Crippen molar-refractivity contribution in [2.75, 3.05) is 18.4 Å².